The van der Waals surface area contributed by atoms with E-state index in [0.29, 0.717) is 11.0 Å². The number of nitrogens with two attached hydrogens (primary N) is 1. The summed E-state index contributed by atoms with van der Waals surface area (Å²) in [7, 11) is -4.73. The van der Waals surface area contributed by atoms with Gasteiger partial charge in [-0.2, -0.15) is 0 Å². The molecule has 11 nitrogen and oxygen atoms in total. The molecule has 0 spiro atoms. The minimum absolute atomic E-state index is 0.248. The van der Waals surface area contributed by atoms with E-state index in [1.54, 1.807) is 12.3 Å². The second-order valence-electron chi connectivity index (χ2n) is 5.70. The smallest absolute Gasteiger partial charge is 0.387 e. The van der Waals surface area contributed by atoms with Crippen molar-refractivity contribution in [3.63, 3.8) is 0 Å². The molecule has 0 aromatic carbocycles. The average Bonchev–Trinajstić information content (AvgIpc) is 2.99. The van der Waals surface area contributed by atoms with Crippen molar-refractivity contribution < 1.29 is 33.8 Å². The molecule has 0 radical (unpaired) electrons. The Labute approximate surface area is 135 Å². The number of ether oxygens (including phenoxy) is 1. The van der Waals surface area contributed by atoms with Crippen LogP contribution in [0.25, 0.3) is 11.0 Å². The number of aliphatic hydroxyl groups is 2. The Bertz CT molecular complexity index is 804. The quantitative estimate of drug-likeness (QED) is 0.431. The molecule has 1 saturated heterocycles. The summed E-state index contributed by atoms with van der Waals surface area (Å²) in [5, 5.41) is 21.4. The number of anilines is 1. The summed E-state index contributed by atoms with van der Waals surface area (Å²) >= 11 is 0. The minimum atomic E-state index is -4.73. The van der Waals surface area contributed by atoms with Gasteiger partial charge in [-0.25, -0.2) is 14.5 Å². The lowest BCUT2D eigenvalue weighted by molar-refractivity contribution is -0.0947. The predicted molar refractivity (Wildman–Crippen MR) is 80.5 cm³/mol. The first-order chi connectivity index (χ1) is 11.1. The number of aromatic nitrogens is 3. The lowest BCUT2D eigenvalue weighted by Gasteiger charge is -2.27. The number of phosphoric acid groups is 1. The fraction of sp³-hybridized carbons (Fsp3) is 0.500. The highest BCUT2D eigenvalue weighted by Crippen LogP contribution is 2.42. The Morgan fingerprint density at radius 1 is 1.50 bits per heavy atom. The fourth-order valence-corrected chi connectivity index (χ4v) is 3.07. The highest BCUT2D eigenvalue weighted by Gasteiger charge is 2.53. The van der Waals surface area contributed by atoms with Crippen molar-refractivity contribution in [2.75, 3.05) is 12.3 Å². The molecule has 0 saturated carbocycles. The summed E-state index contributed by atoms with van der Waals surface area (Å²) in [6.45, 7) is 0.755. The summed E-state index contributed by atoms with van der Waals surface area (Å²) in [5.74, 6) is 0.248. The van der Waals surface area contributed by atoms with E-state index in [2.05, 4.69) is 14.5 Å². The fourth-order valence-electron chi connectivity index (χ4n) is 2.73. The van der Waals surface area contributed by atoms with Gasteiger partial charge >= 0.3 is 7.82 Å². The summed E-state index contributed by atoms with van der Waals surface area (Å²) in [6.07, 6.45) is -0.833. The summed E-state index contributed by atoms with van der Waals surface area (Å²) < 4.78 is 22.2. The number of hydrogen-bond acceptors (Lipinski definition) is 8. The number of fused-ring (bicyclic) bond motifs is 1. The van der Waals surface area contributed by atoms with Gasteiger partial charge < -0.3 is 35.0 Å². The van der Waals surface area contributed by atoms with Crippen LogP contribution in [-0.4, -0.2) is 59.0 Å². The molecular formula is C12H17N4O7P. The molecule has 1 aliphatic heterocycles. The molecule has 0 unspecified atom stereocenters. The van der Waals surface area contributed by atoms with E-state index < -0.39 is 38.5 Å². The van der Waals surface area contributed by atoms with E-state index in [1.807, 2.05) is 0 Å². The summed E-state index contributed by atoms with van der Waals surface area (Å²) in [5.41, 5.74) is 4.39. The van der Waals surface area contributed by atoms with Crippen LogP contribution in [0.15, 0.2) is 18.6 Å². The SMILES string of the molecule is C[C@@]1(O)[C@H](O)[C@@H](COP(=O)(O)O)O[C@H]1n1ccc2c(N)ncnc21. The van der Waals surface area contributed by atoms with Gasteiger partial charge in [-0.15, -0.1) is 0 Å². The summed E-state index contributed by atoms with van der Waals surface area (Å²) in [4.78, 5) is 25.5. The molecule has 24 heavy (non-hydrogen) atoms. The van der Waals surface area contributed by atoms with E-state index in [1.165, 1.54) is 17.8 Å². The molecule has 1 fully saturated rings. The molecule has 0 bridgehead atoms. The Balaban J connectivity index is 1.92. The molecule has 132 valence electrons. The van der Waals surface area contributed by atoms with Crippen LogP contribution in [0.2, 0.25) is 0 Å². The number of aliphatic hydroxyl groups excluding tert-OH is 1. The molecule has 0 aliphatic carbocycles. The second kappa shape index (κ2) is 5.74. The van der Waals surface area contributed by atoms with Crippen LogP contribution in [0.3, 0.4) is 0 Å². The maximum Gasteiger partial charge on any atom is 0.469 e. The first-order valence-electron chi connectivity index (χ1n) is 6.94. The number of hydrogen-bond donors (Lipinski definition) is 5. The van der Waals surface area contributed by atoms with Crippen molar-refractivity contribution in [3.8, 4) is 0 Å². The van der Waals surface area contributed by atoms with Gasteiger partial charge in [0.15, 0.2) is 6.23 Å². The van der Waals surface area contributed by atoms with E-state index in [4.69, 9.17) is 20.3 Å². The first kappa shape index (κ1) is 17.2. The monoisotopic (exact) mass is 360 g/mol. The van der Waals surface area contributed by atoms with Crippen molar-refractivity contribution in [1.82, 2.24) is 14.5 Å². The van der Waals surface area contributed by atoms with Crippen LogP contribution in [0.4, 0.5) is 5.82 Å². The molecule has 3 heterocycles. The van der Waals surface area contributed by atoms with Crippen molar-refractivity contribution in [2.45, 2.75) is 31.0 Å². The lowest BCUT2D eigenvalue weighted by Crippen LogP contribution is -2.44. The van der Waals surface area contributed by atoms with Gasteiger partial charge in [0.2, 0.25) is 0 Å². The molecule has 0 amide bonds. The van der Waals surface area contributed by atoms with Crippen molar-refractivity contribution in [2.24, 2.45) is 0 Å². The van der Waals surface area contributed by atoms with Crippen molar-refractivity contribution in [3.05, 3.63) is 18.6 Å². The Kier molecular flexibility index (Phi) is 4.12. The van der Waals surface area contributed by atoms with Crippen molar-refractivity contribution >= 4 is 24.7 Å². The molecule has 2 aromatic rings. The van der Waals surface area contributed by atoms with Crippen LogP contribution in [0, 0.1) is 0 Å². The number of nitrogens with zero attached hydrogens (tertiary/aromatic N) is 3. The molecular weight excluding hydrogens is 343 g/mol. The highest BCUT2D eigenvalue weighted by atomic mass is 31.2. The normalized spacial score (nSPS) is 31.0. The van der Waals surface area contributed by atoms with Crippen molar-refractivity contribution in [1.29, 1.82) is 0 Å². The minimum Gasteiger partial charge on any atom is -0.387 e. The van der Waals surface area contributed by atoms with E-state index in [-0.39, 0.29) is 5.82 Å². The van der Waals surface area contributed by atoms with Gasteiger partial charge in [0, 0.05) is 6.20 Å². The maximum atomic E-state index is 10.8. The van der Waals surface area contributed by atoms with E-state index in [9.17, 15) is 14.8 Å². The van der Waals surface area contributed by atoms with E-state index in [0.717, 1.165) is 0 Å². The third-order valence-corrected chi connectivity index (χ3v) is 4.44. The molecule has 1 aliphatic rings. The molecule has 3 rings (SSSR count). The van der Waals surface area contributed by atoms with Crippen LogP contribution < -0.4 is 5.73 Å². The van der Waals surface area contributed by atoms with Crippen LogP contribution in [0.5, 0.6) is 0 Å². The van der Waals surface area contributed by atoms with Gasteiger partial charge in [0.05, 0.1) is 12.0 Å². The number of phosphoric ester groups is 1. The molecule has 6 N–H and O–H groups in total. The Hall–Kier alpha value is -1.59. The zero-order chi connectivity index (χ0) is 17.7. The average molecular weight is 360 g/mol. The molecule has 2 aromatic heterocycles. The number of rotatable bonds is 4. The van der Waals surface area contributed by atoms with Gasteiger partial charge in [0.1, 0.15) is 35.6 Å². The maximum absolute atomic E-state index is 10.8. The molecule has 12 heteroatoms. The third-order valence-electron chi connectivity index (χ3n) is 3.95. The second-order valence-corrected chi connectivity index (χ2v) is 6.94. The van der Waals surface area contributed by atoms with Gasteiger partial charge in [0.25, 0.3) is 0 Å². The first-order valence-corrected chi connectivity index (χ1v) is 8.47. The number of nitrogen functional groups attached to an aromatic ring is 1. The lowest BCUT2D eigenvalue weighted by atomic mass is 9.96. The van der Waals surface area contributed by atoms with Crippen LogP contribution in [-0.2, 0) is 13.8 Å². The van der Waals surface area contributed by atoms with Gasteiger partial charge in [-0.1, -0.05) is 0 Å². The van der Waals surface area contributed by atoms with E-state index >= 15 is 0 Å². The largest absolute Gasteiger partial charge is 0.469 e. The van der Waals surface area contributed by atoms with Crippen LogP contribution in [0.1, 0.15) is 13.2 Å². The van der Waals surface area contributed by atoms with Gasteiger partial charge in [-0.05, 0) is 13.0 Å². The molecule has 4 atom stereocenters. The Morgan fingerprint density at radius 3 is 2.88 bits per heavy atom. The highest BCUT2D eigenvalue weighted by molar-refractivity contribution is 7.46. The van der Waals surface area contributed by atoms with Crippen LogP contribution >= 0.6 is 7.82 Å². The standard InChI is InChI=1S/C12H17N4O7P/c1-12(18)8(17)7(4-22-24(19,20)21)23-11(12)16-3-2-6-9(13)14-5-15-10(6)16/h2-3,5,7-8,11,17-18H,4H2,1H3,(H2,13,14,15)(H2,19,20,21)/t7-,8-,11-,12-/m1/s1. The summed E-state index contributed by atoms with van der Waals surface area (Å²) in [6, 6.07) is 1.63. The van der Waals surface area contributed by atoms with Gasteiger partial charge in [-0.3, -0.25) is 4.52 Å². The zero-order valence-electron chi connectivity index (χ0n) is 12.6. The third kappa shape index (κ3) is 2.91. The topological polar surface area (TPSA) is 173 Å². The Morgan fingerprint density at radius 2 is 2.21 bits per heavy atom. The zero-order valence-corrected chi connectivity index (χ0v) is 13.4. The predicted octanol–water partition coefficient (Wildman–Crippen LogP) is -0.868.